The van der Waals surface area contributed by atoms with Gasteiger partial charge in [0.25, 0.3) is 0 Å². The summed E-state index contributed by atoms with van der Waals surface area (Å²) in [5.74, 6) is -0.0596. The molecule has 0 aliphatic heterocycles. The molecule has 2 unspecified atom stereocenters. The Bertz CT molecular complexity index is 468. The van der Waals surface area contributed by atoms with E-state index in [4.69, 9.17) is 4.74 Å². The molecule has 2 rings (SSSR count). The van der Waals surface area contributed by atoms with Gasteiger partial charge in [-0.05, 0) is 31.4 Å². The first kappa shape index (κ1) is 15.7. The van der Waals surface area contributed by atoms with Gasteiger partial charge in [-0.3, -0.25) is 0 Å². The highest BCUT2D eigenvalue weighted by atomic mass is 79.9. The summed E-state index contributed by atoms with van der Waals surface area (Å²) >= 11 is 3.61. The molecule has 1 nitrogen and oxygen atoms in total. The maximum Gasteiger partial charge on any atom is 0.419 e. The zero-order valence-electron chi connectivity index (χ0n) is 11.5. The van der Waals surface area contributed by atoms with Gasteiger partial charge in [0.15, 0.2) is 0 Å². The number of hydrogen-bond acceptors (Lipinski definition) is 1. The van der Waals surface area contributed by atoms with Crippen molar-refractivity contribution in [3.8, 4) is 5.75 Å². The van der Waals surface area contributed by atoms with Gasteiger partial charge in [0.1, 0.15) is 11.9 Å². The number of rotatable bonds is 4. The molecule has 5 heteroatoms. The Morgan fingerprint density at radius 2 is 1.85 bits per heavy atom. The van der Waals surface area contributed by atoms with E-state index in [9.17, 15) is 13.2 Å². The van der Waals surface area contributed by atoms with E-state index in [1.807, 2.05) is 0 Å². The van der Waals surface area contributed by atoms with Crippen molar-refractivity contribution >= 4 is 15.9 Å². The molecule has 0 spiro atoms. The van der Waals surface area contributed by atoms with Gasteiger partial charge in [-0.2, -0.15) is 13.2 Å². The van der Waals surface area contributed by atoms with Crippen LogP contribution in [0.5, 0.6) is 5.75 Å². The topological polar surface area (TPSA) is 9.23 Å². The smallest absolute Gasteiger partial charge is 0.419 e. The second-order valence-corrected chi connectivity index (χ2v) is 6.35. The third-order valence-corrected chi connectivity index (χ3v) is 5.75. The zero-order chi connectivity index (χ0) is 15.0. The third-order valence-electron chi connectivity index (χ3n) is 4.46. The van der Waals surface area contributed by atoms with E-state index in [1.165, 1.54) is 12.1 Å². The standard InChI is InChI=1S/C15H18BrF3O/c1-3-14(4-2)12(16)9-13(14)20-11-8-6-5-7-10(11)15(17,18)19/h5-8,12-13H,3-4,9H2,1-2H3. The lowest BCUT2D eigenvalue weighted by Crippen LogP contribution is -2.56. The van der Waals surface area contributed by atoms with E-state index in [1.54, 1.807) is 6.07 Å². The van der Waals surface area contributed by atoms with Crippen molar-refractivity contribution in [3.63, 3.8) is 0 Å². The number of benzene rings is 1. The fraction of sp³-hybridized carbons (Fsp3) is 0.600. The number of hydrogen-bond donors (Lipinski definition) is 0. The monoisotopic (exact) mass is 350 g/mol. The molecule has 1 aliphatic rings. The molecule has 0 N–H and O–H groups in total. The predicted molar refractivity (Wildman–Crippen MR) is 76.2 cm³/mol. The Morgan fingerprint density at radius 3 is 2.35 bits per heavy atom. The molecule has 0 amide bonds. The van der Waals surface area contributed by atoms with Crippen molar-refractivity contribution in [2.45, 2.75) is 50.2 Å². The van der Waals surface area contributed by atoms with Crippen molar-refractivity contribution < 1.29 is 17.9 Å². The van der Waals surface area contributed by atoms with Crippen molar-refractivity contribution in [1.29, 1.82) is 0 Å². The Balaban J connectivity index is 2.24. The molecule has 1 aromatic carbocycles. The predicted octanol–water partition coefficient (Wildman–Crippen LogP) is 5.43. The minimum Gasteiger partial charge on any atom is -0.489 e. The Hall–Kier alpha value is -0.710. The molecule has 1 fully saturated rings. The Morgan fingerprint density at radius 1 is 1.25 bits per heavy atom. The van der Waals surface area contributed by atoms with Crippen LogP contribution in [0.15, 0.2) is 24.3 Å². The van der Waals surface area contributed by atoms with Gasteiger partial charge in [-0.15, -0.1) is 0 Å². The van der Waals surface area contributed by atoms with Crippen LogP contribution in [0.25, 0.3) is 0 Å². The highest BCUT2D eigenvalue weighted by Crippen LogP contribution is 2.53. The lowest BCUT2D eigenvalue weighted by molar-refractivity contribution is -0.141. The van der Waals surface area contributed by atoms with Crippen molar-refractivity contribution in [2.24, 2.45) is 5.41 Å². The molecule has 0 heterocycles. The van der Waals surface area contributed by atoms with E-state index in [0.29, 0.717) is 4.83 Å². The number of alkyl halides is 4. The quantitative estimate of drug-likeness (QED) is 0.658. The average Bonchev–Trinajstić information content (AvgIpc) is 2.39. The molecule has 1 saturated carbocycles. The highest BCUT2D eigenvalue weighted by Gasteiger charge is 2.53. The number of halogens is 4. The van der Waals surface area contributed by atoms with Gasteiger partial charge >= 0.3 is 6.18 Å². The molecule has 112 valence electrons. The lowest BCUT2D eigenvalue weighted by atomic mass is 9.62. The minimum atomic E-state index is -4.38. The van der Waals surface area contributed by atoms with Crippen molar-refractivity contribution in [1.82, 2.24) is 0 Å². The van der Waals surface area contributed by atoms with Crippen LogP contribution in [0.3, 0.4) is 0 Å². The SMILES string of the molecule is CCC1(CC)C(Br)CC1Oc1ccccc1C(F)(F)F. The summed E-state index contributed by atoms with van der Waals surface area (Å²) in [6.45, 7) is 4.12. The van der Waals surface area contributed by atoms with Crippen LogP contribution in [-0.2, 0) is 6.18 Å². The molecule has 0 saturated heterocycles. The van der Waals surface area contributed by atoms with Crippen molar-refractivity contribution in [3.05, 3.63) is 29.8 Å². The van der Waals surface area contributed by atoms with Crippen LogP contribution in [-0.4, -0.2) is 10.9 Å². The molecule has 0 aromatic heterocycles. The van der Waals surface area contributed by atoms with Gasteiger partial charge < -0.3 is 4.74 Å². The van der Waals surface area contributed by atoms with Gasteiger partial charge in [-0.1, -0.05) is 41.9 Å². The van der Waals surface area contributed by atoms with Crippen LogP contribution in [0.1, 0.15) is 38.7 Å². The summed E-state index contributed by atoms with van der Waals surface area (Å²) in [4.78, 5) is 0.313. The second-order valence-electron chi connectivity index (χ2n) is 5.24. The molecular weight excluding hydrogens is 333 g/mol. The molecule has 1 aliphatic carbocycles. The van der Waals surface area contributed by atoms with Crippen molar-refractivity contribution in [2.75, 3.05) is 0 Å². The first-order valence-corrected chi connectivity index (χ1v) is 7.73. The second kappa shape index (κ2) is 5.58. The molecular formula is C15H18BrF3O. The Labute approximate surface area is 125 Å². The van der Waals surface area contributed by atoms with Gasteiger partial charge in [-0.25, -0.2) is 0 Å². The van der Waals surface area contributed by atoms with E-state index in [2.05, 4.69) is 29.8 Å². The van der Waals surface area contributed by atoms with Crippen LogP contribution in [0.2, 0.25) is 0 Å². The van der Waals surface area contributed by atoms with Gasteiger partial charge in [0.05, 0.1) is 5.56 Å². The molecule has 0 radical (unpaired) electrons. The number of para-hydroxylation sites is 1. The summed E-state index contributed by atoms with van der Waals surface area (Å²) in [7, 11) is 0. The fourth-order valence-corrected chi connectivity index (χ4v) is 4.25. The van der Waals surface area contributed by atoms with E-state index < -0.39 is 11.7 Å². The van der Waals surface area contributed by atoms with E-state index >= 15 is 0 Å². The first-order chi connectivity index (χ1) is 9.35. The van der Waals surface area contributed by atoms with Crippen LogP contribution in [0, 0.1) is 5.41 Å². The highest BCUT2D eigenvalue weighted by molar-refractivity contribution is 9.09. The summed E-state index contributed by atoms with van der Waals surface area (Å²) in [6.07, 6.45) is -2.02. The fourth-order valence-electron chi connectivity index (χ4n) is 2.97. The normalized spacial score (nSPS) is 25.1. The maximum atomic E-state index is 13.0. The molecule has 2 atom stereocenters. The molecule has 20 heavy (non-hydrogen) atoms. The Kier molecular flexibility index (Phi) is 4.38. The average molecular weight is 351 g/mol. The van der Waals surface area contributed by atoms with Gasteiger partial charge in [0, 0.05) is 10.2 Å². The summed E-state index contributed by atoms with van der Waals surface area (Å²) in [6, 6.07) is 5.44. The van der Waals surface area contributed by atoms with E-state index in [0.717, 1.165) is 25.3 Å². The summed E-state index contributed by atoms with van der Waals surface area (Å²) in [5.41, 5.74) is -0.766. The largest absolute Gasteiger partial charge is 0.489 e. The lowest BCUT2D eigenvalue weighted by Gasteiger charge is -2.52. The summed E-state index contributed by atoms with van der Waals surface area (Å²) in [5, 5.41) is 0. The first-order valence-electron chi connectivity index (χ1n) is 6.82. The van der Waals surface area contributed by atoms with Crippen LogP contribution >= 0.6 is 15.9 Å². The third kappa shape index (κ3) is 2.57. The van der Waals surface area contributed by atoms with Crippen LogP contribution in [0.4, 0.5) is 13.2 Å². The summed E-state index contributed by atoms with van der Waals surface area (Å²) < 4.78 is 44.6. The molecule has 1 aromatic rings. The number of ether oxygens (including phenoxy) is 1. The maximum absolute atomic E-state index is 13.0. The minimum absolute atomic E-state index is 0.0596. The van der Waals surface area contributed by atoms with E-state index in [-0.39, 0.29) is 17.3 Å². The van der Waals surface area contributed by atoms with Gasteiger partial charge in [0.2, 0.25) is 0 Å². The van der Waals surface area contributed by atoms with Crippen LogP contribution < -0.4 is 4.74 Å². The molecule has 0 bridgehead atoms. The zero-order valence-corrected chi connectivity index (χ0v) is 13.1.